The number of phenolic OH excluding ortho intramolecular Hbond substituents is 2. The molecule has 0 amide bonds. The van der Waals surface area contributed by atoms with Crippen LogP contribution in [0, 0.1) is 0 Å². The van der Waals surface area contributed by atoms with Crippen molar-refractivity contribution in [3.05, 3.63) is 47.5 Å². The first-order chi connectivity index (χ1) is 10.2. The average molecular weight is 302 g/mol. The monoisotopic (exact) mass is 302 g/mol. The number of hydrogen-bond donors (Lipinski definition) is 2. The maximum absolute atomic E-state index is 10.2. The topological polar surface area (TPSA) is 58.9 Å². The lowest BCUT2D eigenvalue weighted by atomic mass is 9.95. The molecule has 2 heterocycles. The Kier molecular flexibility index (Phi) is 2.89. The van der Waals surface area contributed by atoms with Crippen LogP contribution in [-0.4, -0.2) is 23.4 Å². The summed E-state index contributed by atoms with van der Waals surface area (Å²) in [6, 6.07) is 11.1. The molecule has 2 aliphatic heterocycles. The van der Waals surface area contributed by atoms with E-state index < -0.39 is 5.79 Å². The molecule has 2 aliphatic rings. The summed E-state index contributed by atoms with van der Waals surface area (Å²) in [6.07, 6.45) is 0.844. The van der Waals surface area contributed by atoms with Gasteiger partial charge in [-0.1, -0.05) is 30.0 Å². The highest BCUT2D eigenvalue weighted by atomic mass is 32.2. The second-order valence-electron chi connectivity index (χ2n) is 5.08. The Balaban J connectivity index is 2.01. The highest BCUT2D eigenvalue weighted by Gasteiger charge is 2.46. The van der Waals surface area contributed by atoms with Crippen LogP contribution in [0.1, 0.15) is 17.5 Å². The molecule has 0 radical (unpaired) electrons. The predicted octanol–water partition coefficient (Wildman–Crippen LogP) is 3.20. The third kappa shape index (κ3) is 1.78. The molecular weight excluding hydrogens is 288 g/mol. The summed E-state index contributed by atoms with van der Waals surface area (Å²) >= 11 is 1.42. The van der Waals surface area contributed by atoms with Crippen molar-refractivity contribution in [1.82, 2.24) is 0 Å². The molecule has 2 aromatic rings. The molecule has 0 atom stereocenters. The van der Waals surface area contributed by atoms with Crippen LogP contribution in [0.25, 0.3) is 0 Å². The van der Waals surface area contributed by atoms with E-state index in [2.05, 4.69) is 0 Å². The molecule has 0 aromatic heterocycles. The Morgan fingerprint density at radius 3 is 2.52 bits per heavy atom. The van der Waals surface area contributed by atoms with Crippen LogP contribution in [0.4, 0.5) is 0 Å². The lowest BCUT2D eigenvalue weighted by molar-refractivity contribution is -0.252. The largest absolute Gasteiger partial charge is 0.504 e. The van der Waals surface area contributed by atoms with Gasteiger partial charge in [-0.3, -0.25) is 0 Å². The van der Waals surface area contributed by atoms with Crippen molar-refractivity contribution < 1.29 is 19.7 Å². The molecule has 0 bridgehead atoms. The first-order valence-electron chi connectivity index (χ1n) is 6.83. The number of ether oxygens (including phenoxy) is 2. The van der Waals surface area contributed by atoms with E-state index in [9.17, 15) is 10.2 Å². The molecular formula is C16H14O4S. The minimum Gasteiger partial charge on any atom is -0.504 e. The fourth-order valence-corrected chi connectivity index (χ4v) is 4.04. The highest BCUT2D eigenvalue weighted by Crippen LogP contribution is 2.55. The third-order valence-electron chi connectivity index (χ3n) is 3.82. The van der Waals surface area contributed by atoms with Crippen molar-refractivity contribution in [2.24, 2.45) is 0 Å². The van der Waals surface area contributed by atoms with E-state index in [0.717, 1.165) is 22.4 Å². The Morgan fingerprint density at radius 2 is 1.71 bits per heavy atom. The second kappa shape index (κ2) is 4.66. The van der Waals surface area contributed by atoms with E-state index >= 15 is 0 Å². The molecule has 4 nitrogen and oxygen atoms in total. The number of benzene rings is 2. The van der Waals surface area contributed by atoms with E-state index in [1.165, 1.54) is 17.8 Å². The van der Waals surface area contributed by atoms with Gasteiger partial charge >= 0.3 is 0 Å². The Morgan fingerprint density at radius 1 is 0.952 bits per heavy atom. The van der Waals surface area contributed by atoms with E-state index in [1.54, 1.807) is 6.07 Å². The number of phenols is 2. The molecule has 5 heteroatoms. The molecule has 108 valence electrons. The zero-order chi connectivity index (χ0) is 14.4. The van der Waals surface area contributed by atoms with Crippen molar-refractivity contribution in [3.63, 3.8) is 0 Å². The molecule has 2 N–H and O–H groups in total. The quantitative estimate of drug-likeness (QED) is 0.732. The van der Waals surface area contributed by atoms with Crippen LogP contribution in [0.5, 0.6) is 11.5 Å². The van der Waals surface area contributed by atoms with Crippen molar-refractivity contribution in [3.8, 4) is 11.5 Å². The summed E-state index contributed by atoms with van der Waals surface area (Å²) < 4.78 is 12.1. The number of hydrogen-bond acceptors (Lipinski definition) is 5. The van der Waals surface area contributed by atoms with Crippen LogP contribution in [0.15, 0.2) is 46.2 Å². The molecule has 21 heavy (non-hydrogen) atoms. The fraction of sp³-hybridized carbons (Fsp3) is 0.250. The van der Waals surface area contributed by atoms with Gasteiger partial charge in [-0.15, -0.1) is 0 Å². The summed E-state index contributed by atoms with van der Waals surface area (Å²) in [4.78, 5) is 1.56. The summed E-state index contributed by atoms with van der Waals surface area (Å²) in [7, 11) is 0. The van der Waals surface area contributed by atoms with E-state index in [4.69, 9.17) is 9.47 Å². The van der Waals surface area contributed by atoms with Gasteiger partial charge in [0.05, 0.1) is 18.1 Å². The van der Waals surface area contributed by atoms with Gasteiger partial charge in [-0.2, -0.15) is 0 Å². The minimum atomic E-state index is -0.986. The molecule has 1 spiro atoms. The van der Waals surface area contributed by atoms with Gasteiger partial charge in [-0.25, -0.2) is 0 Å². The van der Waals surface area contributed by atoms with Gasteiger partial charge in [0, 0.05) is 16.0 Å². The molecule has 1 saturated heterocycles. The van der Waals surface area contributed by atoms with Gasteiger partial charge in [0.25, 0.3) is 0 Å². The maximum Gasteiger partial charge on any atom is 0.224 e. The normalized spacial score (nSPS) is 19.0. The van der Waals surface area contributed by atoms with E-state index in [0.29, 0.717) is 18.1 Å². The Hall–Kier alpha value is -1.69. The first kappa shape index (κ1) is 13.0. The summed E-state index contributed by atoms with van der Waals surface area (Å²) in [5.74, 6) is -1.24. The van der Waals surface area contributed by atoms with Gasteiger partial charge in [-0.05, 0) is 24.6 Å². The Bertz CT molecular complexity index is 707. The van der Waals surface area contributed by atoms with Crippen molar-refractivity contribution in [2.45, 2.75) is 22.0 Å². The average Bonchev–Trinajstić information content (AvgIpc) is 2.53. The van der Waals surface area contributed by atoms with Crippen LogP contribution >= 0.6 is 11.8 Å². The summed E-state index contributed by atoms with van der Waals surface area (Å²) in [6.45, 7) is 1.19. The number of rotatable bonds is 0. The SMILES string of the molecule is Oc1ccc2c(c1O)Sc1ccccc1C21OCCCO1. The predicted molar refractivity (Wildman–Crippen MR) is 77.6 cm³/mol. The molecule has 0 aliphatic carbocycles. The van der Waals surface area contributed by atoms with Crippen LogP contribution in [0.3, 0.4) is 0 Å². The van der Waals surface area contributed by atoms with Gasteiger partial charge < -0.3 is 19.7 Å². The molecule has 2 aromatic carbocycles. The van der Waals surface area contributed by atoms with Crippen molar-refractivity contribution in [2.75, 3.05) is 13.2 Å². The third-order valence-corrected chi connectivity index (χ3v) is 5.01. The molecule has 4 rings (SSSR count). The number of aromatic hydroxyl groups is 2. The molecule has 1 fully saturated rings. The van der Waals surface area contributed by atoms with Crippen LogP contribution in [-0.2, 0) is 15.3 Å². The summed E-state index contributed by atoms with van der Waals surface area (Å²) in [5.41, 5.74) is 1.70. The first-order valence-corrected chi connectivity index (χ1v) is 7.65. The van der Waals surface area contributed by atoms with E-state index in [-0.39, 0.29) is 11.5 Å². The minimum absolute atomic E-state index is 0.121. The second-order valence-corrected chi connectivity index (χ2v) is 6.13. The number of fused-ring (bicyclic) bond motifs is 4. The molecule has 0 unspecified atom stereocenters. The van der Waals surface area contributed by atoms with Crippen LogP contribution < -0.4 is 0 Å². The van der Waals surface area contributed by atoms with E-state index in [1.807, 2.05) is 24.3 Å². The van der Waals surface area contributed by atoms with Gasteiger partial charge in [0.1, 0.15) is 0 Å². The van der Waals surface area contributed by atoms with Crippen molar-refractivity contribution in [1.29, 1.82) is 0 Å². The van der Waals surface area contributed by atoms with Gasteiger partial charge in [0.15, 0.2) is 11.5 Å². The zero-order valence-corrected chi connectivity index (χ0v) is 12.0. The lowest BCUT2D eigenvalue weighted by Crippen LogP contribution is -2.41. The standard InChI is InChI=1S/C16H14O4S/c17-12-7-6-11-15(14(12)18)21-13-5-2-1-4-10(13)16(11)19-8-3-9-20-16/h1-2,4-7,17-18H,3,8-9H2. The Labute approximate surface area is 126 Å². The van der Waals surface area contributed by atoms with Gasteiger partial charge in [0.2, 0.25) is 5.79 Å². The van der Waals surface area contributed by atoms with Crippen LogP contribution in [0.2, 0.25) is 0 Å². The summed E-state index contributed by atoms with van der Waals surface area (Å²) in [5, 5.41) is 20.0. The molecule has 0 saturated carbocycles. The fourth-order valence-electron chi connectivity index (χ4n) is 2.85. The zero-order valence-electron chi connectivity index (χ0n) is 11.2. The highest BCUT2D eigenvalue weighted by molar-refractivity contribution is 7.99. The van der Waals surface area contributed by atoms with Crippen molar-refractivity contribution >= 4 is 11.8 Å². The lowest BCUT2D eigenvalue weighted by Gasteiger charge is -2.42. The maximum atomic E-state index is 10.2. The smallest absolute Gasteiger partial charge is 0.224 e.